The summed E-state index contributed by atoms with van der Waals surface area (Å²) in [7, 11) is 1.54. The molecule has 27 heavy (non-hydrogen) atoms. The molecule has 142 valence electrons. The summed E-state index contributed by atoms with van der Waals surface area (Å²) >= 11 is 5.94. The Morgan fingerprint density at radius 3 is 2.59 bits per heavy atom. The van der Waals surface area contributed by atoms with Gasteiger partial charge in [-0.3, -0.25) is 9.59 Å². The van der Waals surface area contributed by atoms with Gasteiger partial charge in [0.05, 0.1) is 13.3 Å². The average Bonchev–Trinajstić information content (AvgIpc) is 2.63. The number of nitrogens with zero attached hydrogens (tertiary/aromatic N) is 1. The minimum absolute atomic E-state index is 0.0285. The SMILES string of the molecule is COc1ccc(Cl)cc1C=NNC(=O)CCC(=O)Nc1cc(C)ccc1C. The van der Waals surface area contributed by atoms with Gasteiger partial charge in [-0.2, -0.15) is 5.10 Å². The molecule has 0 unspecified atom stereocenters. The normalized spacial score (nSPS) is 10.7. The van der Waals surface area contributed by atoms with E-state index in [0.29, 0.717) is 16.3 Å². The lowest BCUT2D eigenvalue weighted by molar-refractivity contribution is -0.124. The van der Waals surface area contributed by atoms with Crippen LogP contribution in [0.5, 0.6) is 5.75 Å². The number of amides is 2. The molecule has 0 saturated carbocycles. The molecule has 0 aromatic heterocycles. The number of anilines is 1. The van der Waals surface area contributed by atoms with Crippen LogP contribution in [0.2, 0.25) is 5.02 Å². The molecule has 0 aliphatic carbocycles. The first kappa shape index (κ1) is 20.5. The van der Waals surface area contributed by atoms with Gasteiger partial charge in [0.25, 0.3) is 0 Å². The highest BCUT2D eigenvalue weighted by molar-refractivity contribution is 6.30. The van der Waals surface area contributed by atoms with Crippen LogP contribution in [0.4, 0.5) is 5.69 Å². The second-order valence-electron chi connectivity index (χ2n) is 6.05. The summed E-state index contributed by atoms with van der Waals surface area (Å²) < 4.78 is 5.20. The number of hydrogen-bond acceptors (Lipinski definition) is 4. The monoisotopic (exact) mass is 387 g/mol. The van der Waals surface area contributed by atoms with E-state index in [1.165, 1.54) is 13.3 Å². The van der Waals surface area contributed by atoms with E-state index in [-0.39, 0.29) is 24.7 Å². The lowest BCUT2D eigenvalue weighted by atomic mass is 10.1. The number of carbonyl (C=O) groups is 2. The van der Waals surface area contributed by atoms with Gasteiger partial charge in [-0.25, -0.2) is 5.43 Å². The Balaban J connectivity index is 1.83. The van der Waals surface area contributed by atoms with Gasteiger partial charge in [0.15, 0.2) is 0 Å². The molecule has 2 aromatic carbocycles. The molecule has 2 aromatic rings. The molecule has 0 fully saturated rings. The first-order chi connectivity index (χ1) is 12.9. The van der Waals surface area contributed by atoms with Gasteiger partial charge >= 0.3 is 0 Å². The van der Waals surface area contributed by atoms with E-state index in [9.17, 15) is 9.59 Å². The number of nitrogens with one attached hydrogen (secondary N) is 2. The highest BCUT2D eigenvalue weighted by atomic mass is 35.5. The molecule has 0 bridgehead atoms. The highest BCUT2D eigenvalue weighted by Crippen LogP contribution is 2.20. The van der Waals surface area contributed by atoms with Crippen molar-refractivity contribution in [1.82, 2.24) is 5.43 Å². The standard InChI is InChI=1S/C20H22ClN3O3/c1-13-4-5-14(2)17(10-13)23-19(25)8-9-20(26)24-22-12-15-11-16(21)6-7-18(15)27-3/h4-7,10-12H,8-9H2,1-3H3,(H,23,25)(H,24,26). The molecule has 2 amide bonds. The molecular weight excluding hydrogens is 366 g/mol. The van der Waals surface area contributed by atoms with Crippen molar-refractivity contribution < 1.29 is 14.3 Å². The van der Waals surface area contributed by atoms with E-state index < -0.39 is 0 Å². The topological polar surface area (TPSA) is 79.8 Å². The van der Waals surface area contributed by atoms with Gasteiger partial charge in [-0.1, -0.05) is 23.7 Å². The predicted molar refractivity (Wildman–Crippen MR) is 108 cm³/mol. The van der Waals surface area contributed by atoms with Crippen molar-refractivity contribution in [2.24, 2.45) is 5.10 Å². The minimum Gasteiger partial charge on any atom is -0.496 e. The molecule has 0 aliphatic heterocycles. The molecule has 0 atom stereocenters. The Labute approximate surface area is 163 Å². The Morgan fingerprint density at radius 2 is 1.85 bits per heavy atom. The first-order valence-electron chi connectivity index (χ1n) is 8.41. The fraction of sp³-hybridized carbons (Fsp3) is 0.250. The third-order valence-corrected chi connectivity index (χ3v) is 4.07. The smallest absolute Gasteiger partial charge is 0.240 e. The molecular formula is C20H22ClN3O3. The summed E-state index contributed by atoms with van der Waals surface area (Å²) in [6.07, 6.45) is 1.54. The quantitative estimate of drug-likeness (QED) is 0.559. The number of methoxy groups -OCH3 is 1. The van der Waals surface area contributed by atoms with Gasteiger partial charge in [0.2, 0.25) is 11.8 Å². The van der Waals surface area contributed by atoms with Crippen LogP contribution >= 0.6 is 11.6 Å². The summed E-state index contributed by atoms with van der Waals surface area (Å²) in [4.78, 5) is 23.9. The third kappa shape index (κ3) is 6.42. The van der Waals surface area contributed by atoms with Crippen molar-refractivity contribution in [3.05, 3.63) is 58.1 Å². The molecule has 0 heterocycles. The van der Waals surface area contributed by atoms with Crippen molar-refractivity contribution in [2.75, 3.05) is 12.4 Å². The van der Waals surface area contributed by atoms with Gasteiger partial charge in [-0.15, -0.1) is 0 Å². The number of carbonyl (C=O) groups excluding carboxylic acids is 2. The van der Waals surface area contributed by atoms with Gasteiger partial charge < -0.3 is 10.1 Å². The van der Waals surface area contributed by atoms with Crippen LogP contribution < -0.4 is 15.5 Å². The van der Waals surface area contributed by atoms with E-state index in [4.69, 9.17) is 16.3 Å². The van der Waals surface area contributed by atoms with Crippen molar-refractivity contribution in [3.8, 4) is 5.75 Å². The maximum absolute atomic E-state index is 12.0. The van der Waals surface area contributed by atoms with Crippen molar-refractivity contribution >= 4 is 35.3 Å². The fourth-order valence-electron chi connectivity index (χ4n) is 2.35. The first-order valence-corrected chi connectivity index (χ1v) is 8.79. The van der Waals surface area contributed by atoms with E-state index in [1.807, 2.05) is 32.0 Å². The third-order valence-electron chi connectivity index (χ3n) is 3.83. The van der Waals surface area contributed by atoms with Crippen molar-refractivity contribution in [2.45, 2.75) is 26.7 Å². The molecule has 0 spiro atoms. The number of halogens is 1. The molecule has 6 nitrogen and oxygen atoms in total. The van der Waals surface area contributed by atoms with E-state index in [1.54, 1.807) is 18.2 Å². The second-order valence-corrected chi connectivity index (χ2v) is 6.48. The van der Waals surface area contributed by atoms with Crippen molar-refractivity contribution in [1.29, 1.82) is 0 Å². The maximum atomic E-state index is 12.0. The number of benzene rings is 2. The molecule has 0 saturated heterocycles. The summed E-state index contributed by atoms with van der Waals surface area (Å²) in [6, 6.07) is 10.9. The highest BCUT2D eigenvalue weighted by Gasteiger charge is 2.08. The summed E-state index contributed by atoms with van der Waals surface area (Å²) in [5.74, 6) is 0.00741. The molecule has 2 rings (SSSR count). The lowest BCUT2D eigenvalue weighted by Crippen LogP contribution is -2.21. The van der Waals surface area contributed by atoms with Crippen LogP contribution in [-0.2, 0) is 9.59 Å². The summed E-state index contributed by atoms with van der Waals surface area (Å²) in [6.45, 7) is 3.87. The van der Waals surface area contributed by atoms with E-state index in [2.05, 4.69) is 15.8 Å². The molecule has 7 heteroatoms. The molecule has 0 radical (unpaired) electrons. The van der Waals surface area contributed by atoms with Crippen LogP contribution in [-0.4, -0.2) is 25.1 Å². The number of rotatable bonds is 7. The fourth-order valence-corrected chi connectivity index (χ4v) is 2.53. The average molecular weight is 388 g/mol. The van der Waals surface area contributed by atoms with E-state index in [0.717, 1.165) is 16.8 Å². The Kier molecular flexibility index (Phi) is 7.37. The zero-order chi connectivity index (χ0) is 19.8. The van der Waals surface area contributed by atoms with Crippen LogP contribution in [0.1, 0.15) is 29.5 Å². The Morgan fingerprint density at radius 1 is 1.11 bits per heavy atom. The molecule has 2 N–H and O–H groups in total. The second kappa shape index (κ2) is 9.73. The van der Waals surface area contributed by atoms with Gasteiger partial charge in [0.1, 0.15) is 5.75 Å². The number of ether oxygens (including phenoxy) is 1. The van der Waals surface area contributed by atoms with Crippen molar-refractivity contribution in [3.63, 3.8) is 0 Å². The minimum atomic E-state index is -0.358. The van der Waals surface area contributed by atoms with Gasteiger partial charge in [0, 0.05) is 29.1 Å². The van der Waals surface area contributed by atoms with Crippen LogP contribution in [0.3, 0.4) is 0 Å². The largest absolute Gasteiger partial charge is 0.496 e. The number of aryl methyl sites for hydroxylation is 2. The number of hydrazone groups is 1. The van der Waals surface area contributed by atoms with Crippen LogP contribution in [0, 0.1) is 13.8 Å². The Bertz CT molecular complexity index is 866. The maximum Gasteiger partial charge on any atom is 0.240 e. The van der Waals surface area contributed by atoms with E-state index >= 15 is 0 Å². The zero-order valence-electron chi connectivity index (χ0n) is 15.5. The summed E-state index contributed by atoms with van der Waals surface area (Å²) in [5.41, 5.74) is 5.81. The van der Waals surface area contributed by atoms with Gasteiger partial charge in [-0.05, 0) is 49.2 Å². The lowest BCUT2D eigenvalue weighted by Gasteiger charge is -2.09. The Hall–Kier alpha value is -2.86. The zero-order valence-corrected chi connectivity index (χ0v) is 16.3. The number of hydrogen-bond donors (Lipinski definition) is 2. The van der Waals surface area contributed by atoms with Crippen LogP contribution in [0.25, 0.3) is 0 Å². The van der Waals surface area contributed by atoms with Crippen LogP contribution in [0.15, 0.2) is 41.5 Å². The predicted octanol–water partition coefficient (Wildman–Crippen LogP) is 3.83. The molecule has 0 aliphatic rings. The summed E-state index contributed by atoms with van der Waals surface area (Å²) in [5, 5.41) is 7.24.